The van der Waals surface area contributed by atoms with E-state index < -0.39 is 5.41 Å². The second kappa shape index (κ2) is 12.9. The van der Waals surface area contributed by atoms with Gasteiger partial charge in [-0.2, -0.15) is 0 Å². The van der Waals surface area contributed by atoms with Crippen molar-refractivity contribution in [1.82, 2.24) is 9.97 Å². The Morgan fingerprint density at radius 1 is 0.304 bits per heavy atom. The largest absolute Gasteiger partial charge is 0.457 e. The number of rotatable bonds is 5. The summed E-state index contributed by atoms with van der Waals surface area (Å²) in [5.74, 6) is 2.43. The predicted octanol–water partition coefficient (Wildman–Crippen LogP) is 13.3. The van der Waals surface area contributed by atoms with E-state index in [-0.39, 0.29) is 0 Å². The minimum absolute atomic E-state index is 0.500. The Bertz CT molecular complexity index is 2850. The van der Waals surface area contributed by atoms with Crippen LogP contribution in [-0.4, -0.2) is 9.97 Å². The summed E-state index contributed by atoms with van der Waals surface area (Å²) in [6, 6.07) is 72.9. The van der Waals surface area contributed by atoms with Crippen molar-refractivity contribution >= 4 is 0 Å². The lowest BCUT2D eigenvalue weighted by Crippen LogP contribution is -2.32. The highest BCUT2D eigenvalue weighted by Crippen LogP contribution is 2.62. The van der Waals surface area contributed by atoms with Crippen LogP contribution in [0.5, 0.6) is 11.5 Å². The zero-order chi connectivity index (χ0) is 37.1. The highest BCUT2D eigenvalue weighted by molar-refractivity contribution is 5.93. The van der Waals surface area contributed by atoms with Gasteiger partial charge in [-0.15, -0.1) is 0 Å². The maximum atomic E-state index is 6.89. The lowest BCUT2D eigenvalue weighted by atomic mass is 9.66. The average Bonchev–Trinajstić information content (AvgIpc) is 3.57. The minimum Gasteiger partial charge on any atom is -0.457 e. The van der Waals surface area contributed by atoms with Gasteiger partial charge in [-0.25, -0.2) is 9.97 Å². The Hall–Kier alpha value is -7.36. The van der Waals surface area contributed by atoms with Crippen molar-refractivity contribution in [3.63, 3.8) is 0 Å². The van der Waals surface area contributed by atoms with E-state index in [1.54, 1.807) is 0 Å². The fourth-order valence-electron chi connectivity index (χ4n) is 8.99. The van der Waals surface area contributed by atoms with Crippen molar-refractivity contribution < 1.29 is 4.74 Å². The van der Waals surface area contributed by atoms with Crippen molar-refractivity contribution in [2.75, 3.05) is 0 Å². The predicted molar refractivity (Wildman–Crippen MR) is 227 cm³/mol. The highest BCUT2D eigenvalue weighted by Gasteiger charge is 2.50. The molecule has 9 aromatic rings. The van der Waals surface area contributed by atoms with Crippen LogP contribution >= 0.6 is 0 Å². The van der Waals surface area contributed by atoms with Crippen LogP contribution in [0.15, 0.2) is 206 Å². The number of nitrogens with zero attached hydrogens (tertiary/aromatic N) is 2. The summed E-state index contributed by atoms with van der Waals surface area (Å²) < 4.78 is 6.89. The number of hydrogen-bond acceptors (Lipinski definition) is 3. The summed E-state index contributed by atoms with van der Waals surface area (Å²) in [5.41, 5.74) is 16.1. The van der Waals surface area contributed by atoms with Gasteiger partial charge < -0.3 is 4.74 Å². The van der Waals surface area contributed by atoms with Gasteiger partial charge in [0.05, 0.1) is 16.8 Å². The Morgan fingerprint density at radius 2 is 0.750 bits per heavy atom. The Kier molecular flexibility index (Phi) is 7.39. The Balaban J connectivity index is 1.09. The van der Waals surface area contributed by atoms with Gasteiger partial charge in [0.25, 0.3) is 0 Å². The SMILES string of the molecule is c1ccc(-c2cc(-c3ccccc3)nc(-c3ccccc3-c3ccccc3-c3ccc4c(c3)Oc3ccccc3C43c4ccccc4-c4ccccc43)n2)cc1. The first kappa shape index (κ1) is 32.1. The number of para-hydroxylation sites is 1. The molecular formula is C53H34N2O. The normalized spacial score (nSPS) is 12.9. The summed E-state index contributed by atoms with van der Waals surface area (Å²) in [6.07, 6.45) is 0. The van der Waals surface area contributed by atoms with Gasteiger partial charge in [-0.3, -0.25) is 0 Å². The number of fused-ring (bicyclic) bond motifs is 9. The van der Waals surface area contributed by atoms with E-state index in [1.165, 1.54) is 27.8 Å². The first-order chi connectivity index (χ1) is 27.8. The molecule has 3 heteroatoms. The molecule has 1 aliphatic carbocycles. The molecular weight excluding hydrogens is 681 g/mol. The van der Waals surface area contributed by atoms with Gasteiger partial charge in [0.1, 0.15) is 11.5 Å². The van der Waals surface area contributed by atoms with E-state index in [4.69, 9.17) is 14.7 Å². The summed E-state index contributed by atoms with van der Waals surface area (Å²) in [6.45, 7) is 0. The van der Waals surface area contributed by atoms with Crippen LogP contribution in [0, 0.1) is 0 Å². The first-order valence-electron chi connectivity index (χ1n) is 19.1. The smallest absolute Gasteiger partial charge is 0.161 e. The van der Waals surface area contributed by atoms with E-state index in [0.29, 0.717) is 5.82 Å². The fraction of sp³-hybridized carbons (Fsp3) is 0.0189. The van der Waals surface area contributed by atoms with E-state index >= 15 is 0 Å². The quantitative estimate of drug-likeness (QED) is 0.178. The summed E-state index contributed by atoms with van der Waals surface area (Å²) in [7, 11) is 0. The van der Waals surface area contributed by atoms with Crippen LogP contribution in [-0.2, 0) is 5.41 Å². The standard InChI is InChI=1S/C53H34N2O/c1-3-17-35(18-4-1)48-34-49(36-19-5-2-6-20-36)55-52(54-48)43-26-10-9-23-40(43)39-22-8-7-21-38(39)37-31-32-47-51(33-37)56-50-30-16-15-29-46(50)53(47)44-27-13-11-24-41(44)42-25-12-14-28-45(42)53/h1-34H. The molecule has 0 bridgehead atoms. The van der Waals surface area contributed by atoms with Gasteiger partial charge in [0.15, 0.2) is 5.82 Å². The number of benzene rings is 8. The molecule has 56 heavy (non-hydrogen) atoms. The van der Waals surface area contributed by atoms with Crippen molar-refractivity contribution in [2.24, 2.45) is 0 Å². The molecule has 11 rings (SSSR count). The van der Waals surface area contributed by atoms with Gasteiger partial charge in [0, 0.05) is 27.8 Å². The van der Waals surface area contributed by atoms with Gasteiger partial charge in [-0.05, 0) is 62.7 Å². The molecule has 0 radical (unpaired) electrons. The molecule has 0 amide bonds. The Labute approximate surface area is 326 Å². The van der Waals surface area contributed by atoms with E-state index in [9.17, 15) is 0 Å². The molecule has 0 atom stereocenters. The first-order valence-corrected chi connectivity index (χ1v) is 19.1. The third kappa shape index (κ3) is 4.91. The molecule has 0 saturated heterocycles. The van der Waals surface area contributed by atoms with Gasteiger partial charge >= 0.3 is 0 Å². The third-order valence-corrected chi connectivity index (χ3v) is 11.4. The van der Waals surface area contributed by atoms with Gasteiger partial charge in [-0.1, -0.05) is 188 Å². The molecule has 262 valence electrons. The van der Waals surface area contributed by atoms with Crippen LogP contribution in [0.4, 0.5) is 0 Å². The van der Waals surface area contributed by atoms with Crippen LogP contribution in [0.1, 0.15) is 22.3 Å². The topological polar surface area (TPSA) is 35.0 Å². The molecule has 1 aliphatic heterocycles. The van der Waals surface area contributed by atoms with Crippen LogP contribution < -0.4 is 4.74 Å². The lowest BCUT2D eigenvalue weighted by Gasteiger charge is -2.39. The zero-order valence-corrected chi connectivity index (χ0v) is 30.4. The van der Waals surface area contributed by atoms with E-state index in [1.807, 2.05) is 12.1 Å². The number of ether oxygens (including phenoxy) is 1. The summed E-state index contributed by atoms with van der Waals surface area (Å²) in [5, 5.41) is 0. The molecule has 2 aliphatic rings. The van der Waals surface area contributed by atoms with Crippen molar-refractivity contribution in [3.8, 4) is 78.8 Å². The molecule has 8 aromatic carbocycles. The van der Waals surface area contributed by atoms with Crippen molar-refractivity contribution in [3.05, 3.63) is 229 Å². The molecule has 1 spiro atoms. The molecule has 0 fully saturated rings. The van der Waals surface area contributed by atoms with Crippen LogP contribution in [0.2, 0.25) is 0 Å². The Morgan fingerprint density at radius 3 is 1.36 bits per heavy atom. The molecule has 2 heterocycles. The summed E-state index contributed by atoms with van der Waals surface area (Å²) >= 11 is 0. The number of aromatic nitrogens is 2. The molecule has 0 saturated carbocycles. The third-order valence-electron chi connectivity index (χ3n) is 11.4. The highest BCUT2D eigenvalue weighted by atomic mass is 16.5. The molecule has 0 N–H and O–H groups in total. The van der Waals surface area contributed by atoms with Crippen LogP contribution in [0.3, 0.4) is 0 Å². The van der Waals surface area contributed by atoms with Crippen molar-refractivity contribution in [1.29, 1.82) is 0 Å². The lowest BCUT2D eigenvalue weighted by molar-refractivity contribution is 0.436. The van der Waals surface area contributed by atoms with E-state index in [0.717, 1.165) is 67.4 Å². The molecule has 1 aromatic heterocycles. The minimum atomic E-state index is -0.500. The van der Waals surface area contributed by atoms with E-state index in [2.05, 4.69) is 194 Å². The maximum absolute atomic E-state index is 6.89. The summed E-state index contributed by atoms with van der Waals surface area (Å²) in [4.78, 5) is 10.4. The number of hydrogen-bond donors (Lipinski definition) is 0. The van der Waals surface area contributed by atoms with Crippen LogP contribution in [0.25, 0.3) is 67.3 Å². The monoisotopic (exact) mass is 714 g/mol. The second-order valence-corrected chi connectivity index (χ2v) is 14.4. The second-order valence-electron chi connectivity index (χ2n) is 14.4. The fourth-order valence-corrected chi connectivity index (χ4v) is 8.99. The zero-order valence-electron chi connectivity index (χ0n) is 30.4. The average molecular weight is 715 g/mol. The van der Waals surface area contributed by atoms with Gasteiger partial charge in [0.2, 0.25) is 0 Å². The van der Waals surface area contributed by atoms with Crippen molar-refractivity contribution in [2.45, 2.75) is 5.41 Å². The molecule has 0 unspecified atom stereocenters. The maximum Gasteiger partial charge on any atom is 0.161 e. The molecule has 3 nitrogen and oxygen atoms in total.